The Morgan fingerprint density at radius 2 is 2.17 bits per heavy atom. The molecule has 0 aliphatic heterocycles. The molecule has 0 saturated carbocycles. The molecular formula is C11H12ClN5S. The number of amidine groups is 1. The van der Waals surface area contributed by atoms with Crippen LogP contribution >= 0.6 is 23.4 Å². The monoisotopic (exact) mass is 281 g/mol. The van der Waals surface area contributed by atoms with E-state index in [1.165, 1.54) is 11.8 Å². The molecule has 0 spiro atoms. The van der Waals surface area contributed by atoms with Crippen LogP contribution in [0.1, 0.15) is 11.4 Å². The van der Waals surface area contributed by atoms with Gasteiger partial charge >= 0.3 is 0 Å². The normalized spacial score (nSPS) is 10.6. The predicted molar refractivity (Wildman–Crippen MR) is 72.3 cm³/mol. The lowest BCUT2D eigenvalue weighted by molar-refractivity contribution is 0.765. The Morgan fingerprint density at radius 1 is 1.44 bits per heavy atom. The Balaban J connectivity index is 2.30. The van der Waals surface area contributed by atoms with E-state index < -0.39 is 0 Å². The maximum atomic E-state index is 7.35. The summed E-state index contributed by atoms with van der Waals surface area (Å²) in [6.07, 6.45) is 0. The van der Waals surface area contributed by atoms with Gasteiger partial charge in [-0.3, -0.25) is 5.41 Å². The minimum Gasteiger partial charge on any atom is -0.384 e. The van der Waals surface area contributed by atoms with Crippen LogP contribution in [-0.2, 0) is 7.05 Å². The molecule has 5 nitrogen and oxygen atoms in total. The second kappa shape index (κ2) is 4.99. The fourth-order valence-electron chi connectivity index (χ4n) is 1.33. The molecule has 1 aromatic heterocycles. The van der Waals surface area contributed by atoms with Gasteiger partial charge in [-0.15, -0.1) is 10.2 Å². The number of rotatable bonds is 3. The smallest absolute Gasteiger partial charge is 0.195 e. The third-order valence-corrected chi connectivity index (χ3v) is 4.04. The number of nitrogens with one attached hydrogen (secondary N) is 1. The van der Waals surface area contributed by atoms with Crippen molar-refractivity contribution in [1.29, 1.82) is 5.41 Å². The van der Waals surface area contributed by atoms with Crippen LogP contribution in [0.4, 0.5) is 0 Å². The number of hydrogen-bond acceptors (Lipinski definition) is 4. The zero-order chi connectivity index (χ0) is 13.3. The van der Waals surface area contributed by atoms with Crippen LogP contribution in [0.2, 0.25) is 5.02 Å². The molecule has 94 valence electrons. The molecule has 7 heteroatoms. The highest BCUT2D eigenvalue weighted by Gasteiger charge is 2.10. The van der Waals surface area contributed by atoms with Crippen LogP contribution in [0, 0.1) is 12.3 Å². The predicted octanol–water partition coefficient (Wildman–Crippen LogP) is 2.21. The van der Waals surface area contributed by atoms with E-state index in [-0.39, 0.29) is 5.84 Å². The number of benzene rings is 1. The lowest BCUT2D eigenvalue weighted by atomic mass is 10.2. The zero-order valence-corrected chi connectivity index (χ0v) is 11.5. The van der Waals surface area contributed by atoms with Crippen LogP contribution in [0.5, 0.6) is 0 Å². The minimum absolute atomic E-state index is 0.00273. The molecule has 3 N–H and O–H groups in total. The van der Waals surface area contributed by atoms with Gasteiger partial charge in [-0.1, -0.05) is 17.7 Å². The van der Waals surface area contributed by atoms with E-state index in [0.29, 0.717) is 10.6 Å². The molecule has 0 saturated heterocycles. The van der Waals surface area contributed by atoms with Gasteiger partial charge in [0.25, 0.3) is 0 Å². The van der Waals surface area contributed by atoms with Gasteiger partial charge in [0.1, 0.15) is 11.7 Å². The van der Waals surface area contributed by atoms with Crippen molar-refractivity contribution in [1.82, 2.24) is 14.8 Å². The van der Waals surface area contributed by atoms with Crippen molar-refractivity contribution in [2.75, 3.05) is 0 Å². The highest BCUT2D eigenvalue weighted by atomic mass is 35.5. The fourth-order valence-corrected chi connectivity index (χ4v) is 2.46. The average molecular weight is 282 g/mol. The quantitative estimate of drug-likeness (QED) is 0.668. The van der Waals surface area contributed by atoms with Crippen LogP contribution in [0.25, 0.3) is 0 Å². The van der Waals surface area contributed by atoms with E-state index in [9.17, 15) is 0 Å². The highest BCUT2D eigenvalue weighted by Crippen LogP contribution is 2.32. The molecule has 0 bridgehead atoms. The maximum absolute atomic E-state index is 7.35. The first-order chi connectivity index (χ1) is 8.49. The summed E-state index contributed by atoms with van der Waals surface area (Å²) >= 11 is 7.58. The third kappa shape index (κ3) is 2.49. The van der Waals surface area contributed by atoms with Crippen molar-refractivity contribution in [2.45, 2.75) is 17.0 Å². The number of aromatic nitrogens is 3. The topological polar surface area (TPSA) is 80.6 Å². The van der Waals surface area contributed by atoms with Crippen LogP contribution < -0.4 is 5.73 Å². The van der Waals surface area contributed by atoms with E-state index in [2.05, 4.69) is 10.2 Å². The summed E-state index contributed by atoms with van der Waals surface area (Å²) in [5.74, 6) is 0.844. The summed E-state index contributed by atoms with van der Waals surface area (Å²) in [7, 11) is 1.90. The minimum atomic E-state index is 0.00273. The third-order valence-electron chi connectivity index (χ3n) is 2.50. The lowest BCUT2D eigenvalue weighted by Crippen LogP contribution is -2.10. The summed E-state index contributed by atoms with van der Waals surface area (Å²) in [6.45, 7) is 1.89. The summed E-state index contributed by atoms with van der Waals surface area (Å²) in [5.41, 5.74) is 6.01. The van der Waals surface area contributed by atoms with E-state index in [1.54, 1.807) is 12.1 Å². The molecule has 0 aliphatic rings. The Kier molecular flexibility index (Phi) is 3.58. The summed E-state index contributed by atoms with van der Waals surface area (Å²) in [5, 5.41) is 16.7. The number of hydrogen-bond donors (Lipinski definition) is 2. The maximum Gasteiger partial charge on any atom is 0.195 e. The Hall–Kier alpha value is -1.53. The van der Waals surface area contributed by atoms with E-state index in [1.807, 2.05) is 24.6 Å². The number of nitrogens with two attached hydrogens (primary N) is 1. The largest absolute Gasteiger partial charge is 0.384 e. The standard InChI is InChI=1S/C11H12ClN5S/c1-6-15-16-11(17(6)2)18-9-4-3-7(10(13)14)5-8(9)12/h3-5H,1-2H3,(H3,13,14). The molecular weight excluding hydrogens is 270 g/mol. The first-order valence-electron chi connectivity index (χ1n) is 5.17. The number of nitrogens with zero attached hydrogens (tertiary/aromatic N) is 3. The Bertz CT molecular complexity index is 607. The van der Waals surface area contributed by atoms with Gasteiger partial charge in [0.05, 0.1) is 5.02 Å². The van der Waals surface area contributed by atoms with Crippen molar-refractivity contribution in [2.24, 2.45) is 12.8 Å². The molecule has 0 unspecified atom stereocenters. The first kappa shape index (κ1) is 12.9. The lowest BCUT2D eigenvalue weighted by Gasteiger charge is -2.05. The number of aryl methyl sites for hydroxylation is 1. The molecule has 0 amide bonds. The number of halogens is 1. The molecule has 0 aliphatic carbocycles. The molecule has 0 fully saturated rings. The van der Waals surface area contributed by atoms with E-state index in [0.717, 1.165) is 15.9 Å². The highest BCUT2D eigenvalue weighted by molar-refractivity contribution is 7.99. The average Bonchev–Trinajstić information content (AvgIpc) is 2.63. The first-order valence-corrected chi connectivity index (χ1v) is 6.36. The van der Waals surface area contributed by atoms with Gasteiger partial charge in [0.15, 0.2) is 5.16 Å². The Labute approximate surface area is 114 Å². The van der Waals surface area contributed by atoms with Gasteiger partial charge in [-0.05, 0) is 30.8 Å². The van der Waals surface area contributed by atoms with E-state index >= 15 is 0 Å². The van der Waals surface area contributed by atoms with Gasteiger partial charge in [-0.2, -0.15) is 0 Å². The molecule has 2 rings (SSSR count). The Morgan fingerprint density at radius 3 is 2.67 bits per heavy atom. The van der Waals surface area contributed by atoms with Crippen LogP contribution in [0.15, 0.2) is 28.3 Å². The number of nitrogen functional groups attached to an aromatic ring is 1. The van der Waals surface area contributed by atoms with Gasteiger partial charge < -0.3 is 10.3 Å². The fraction of sp³-hybridized carbons (Fsp3) is 0.182. The summed E-state index contributed by atoms with van der Waals surface area (Å²) in [4.78, 5) is 0.858. The van der Waals surface area contributed by atoms with Gasteiger partial charge in [0.2, 0.25) is 0 Å². The SMILES string of the molecule is Cc1nnc(Sc2ccc(C(=N)N)cc2Cl)n1C. The second-order valence-electron chi connectivity index (χ2n) is 3.75. The van der Waals surface area contributed by atoms with Crippen molar-refractivity contribution in [3.63, 3.8) is 0 Å². The van der Waals surface area contributed by atoms with Crippen molar-refractivity contribution in [3.05, 3.63) is 34.6 Å². The van der Waals surface area contributed by atoms with E-state index in [4.69, 9.17) is 22.7 Å². The zero-order valence-electron chi connectivity index (χ0n) is 9.94. The van der Waals surface area contributed by atoms with Gasteiger partial charge in [-0.25, -0.2) is 0 Å². The van der Waals surface area contributed by atoms with Crippen molar-refractivity contribution < 1.29 is 0 Å². The second-order valence-corrected chi connectivity index (χ2v) is 5.17. The molecule has 0 atom stereocenters. The molecule has 1 heterocycles. The van der Waals surface area contributed by atoms with Crippen LogP contribution in [-0.4, -0.2) is 20.6 Å². The summed E-state index contributed by atoms with van der Waals surface area (Å²) < 4.78 is 1.89. The molecule has 1 aromatic carbocycles. The van der Waals surface area contributed by atoms with Crippen LogP contribution in [0.3, 0.4) is 0 Å². The summed E-state index contributed by atoms with van der Waals surface area (Å²) in [6, 6.07) is 5.27. The van der Waals surface area contributed by atoms with Gasteiger partial charge in [0, 0.05) is 17.5 Å². The van der Waals surface area contributed by atoms with Crippen molar-refractivity contribution >= 4 is 29.2 Å². The molecule has 0 radical (unpaired) electrons. The molecule has 18 heavy (non-hydrogen) atoms. The van der Waals surface area contributed by atoms with Crippen molar-refractivity contribution in [3.8, 4) is 0 Å². The molecule has 2 aromatic rings.